The molecular formula is C4H9ClN2S. The second-order valence-electron chi connectivity index (χ2n) is 1.76. The normalized spacial score (nSPS) is 9.50. The van der Waals surface area contributed by atoms with Crippen LogP contribution in [0.25, 0.3) is 0 Å². The van der Waals surface area contributed by atoms with Crippen LogP contribution in [0.1, 0.15) is 0 Å². The molecule has 0 unspecified atom stereocenters. The third kappa shape index (κ3) is 4.30. The van der Waals surface area contributed by atoms with Gasteiger partial charge in [0.1, 0.15) is 4.99 Å². The van der Waals surface area contributed by atoms with Crippen LogP contribution in [0, 0.1) is 0 Å². The first-order chi connectivity index (χ1) is 3.66. The van der Waals surface area contributed by atoms with Gasteiger partial charge in [-0.05, 0) is 14.1 Å². The quantitative estimate of drug-likeness (QED) is 0.462. The zero-order valence-electron chi connectivity index (χ0n) is 4.94. The standard InChI is InChI=1S/C4H9ClN2S/c1-7(2)3-4(8)6-5/h3H2,1-2H3,(H,6,8). The molecule has 1 N–H and O–H groups in total. The molecule has 0 heterocycles. The van der Waals surface area contributed by atoms with E-state index >= 15 is 0 Å². The molecule has 0 atom stereocenters. The average molecular weight is 153 g/mol. The largest absolute Gasteiger partial charge is 0.303 e. The van der Waals surface area contributed by atoms with Gasteiger partial charge in [-0.3, -0.25) is 4.84 Å². The van der Waals surface area contributed by atoms with Gasteiger partial charge in [0.25, 0.3) is 0 Å². The number of rotatable bonds is 2. The first-order valence-electron chi connectivity index (χ1n) is 2.21. The Balaban J connectivity index is 3.25. The number of nitrogens with zero attached hydrogens (tertiary/aromatic N) is 1. The van der Waals surface area contributed by atoms with Crippen LogP contribution >= 0.6 is 24.0 Å². The van der Waals surface area contributed by atoms with E-state index < -0.39 is 0 Å². The van der Waals surface area contributed by atoms with Crippen molar-refractivity contribution in [2.24, 2.45) is 0 Å². The lowest BCUT2D eigenvalue weighted by molar-refractivity contribution is 0.470. The first kappa shape index (κ1) is 8.14. The molecule has 0 aromatic heterocycles. The molecule has 0 aliphatic carbocycles. The van der Waals surface area contributed by atoms with Gasteiger partial charge in [0.05, 0.1) is 0 Å². The minimum Gasteiger partial charge on any atom is -0.303 e. The molecule has 0 amide bonds. The summed E-state index contributed by atoms with van der Waals surface area (Å²) >= 11 is 9.92. The molecule has 0 rings (SSSR count). The monoisotopic (exact) mass is 152 g/mol. The summed E-state index contributed by atoms with van der Waals surface area (Å²) < 4.78 is 0. The van der Waals surface area contributed by atoms with Gasteiger partial charge in [0.15, 0.2) is 0 Å². The molecule has 0 aromatic carbocycles. The van der Waals surface area contributed by atoms with Crippen molar-refractivity contribution in [3.63, 3.8) is 0 Å². The van der Waals surface area contributed by atoms with Crippen molar-refractivity contribution in [3.05, 3.63) is 0 Å². The minimum atomic E-state index is 0.650. The van der Waals surface area contributed by atoms with E-state index in [2.05, 4.69) is 4.84 Å². The van der Waals surface area contributed by atoms with Crippen LogP contribution in [0.5, 0.6) is 0 Å². The third-order valence-electron chi connectivity index (χ3n) is 0.565. The van der Waals surface area contributed by atoms with Gasteiger partial charge < -0.3 is 4.90 Å². The van der Waals surface area contributed by atoms with E-state index in [-0.39, 0.29) is 0 Å². The highest BCUT2D eigenvalue weighted by Gasteiger charge is 1.92. The van der Waals surface area contributed by atoms with Gasteiger partial charge in [0.2, 0.25) is 0 Å². The highest BCUT2D eigenvalue weighted by molar-refractivity contribution is 7.80. The van der Waals surface area contributed by atoms with Crippen LogP contribution in [0.2, 0.25) is 0 Å². The summed E-state index contributed by atoms with van der Waals surface area (Å²) in [6.45, 7) is 0.707. The van der Waals surface area contributed by atoms with E-state index in [1.165, 1.54) is 0 Å². The maximum absolute atomic E-state index is 5.18. The lowest BCUT2D eigenvalue weighted by atomic mass is 10.6. The van der Waals surface area contributed by atoms with E-state index in [0.29, 0.717) is 11.5 Å². The van der Waals surface area contributed by atoms with E-state index in [9.17, 15) is 0 Å². The molecule has 4 heteroatoms. The Bertz CT molecular complexity index is 84.1. The first-order valence-corrected chi connectivity index (χ1v) is 2.99. The van der Waals surface area contributed by atoms with Crippen molar-refractivity contribution in [3.8, 4) is 0 Å². The predicted molar refractivity (Wildman–Crippen MR) is 40.1 cm³/mol. The number of halogens is 1. The SMILES string of the molecule is CN(C)CC(=S)NCl. The lowest BCUT2D eigenvalue weighted by Crippen LogP contribution is -2.26. The molecule has 2 nitrogen and oxygen atoms in total. The molecule has 0 spiro atoms. The maximum atomic E-state index is 5.18. The Morgan fingerprint density at radius 2 is 2.25 bits per heavy atom. The van der Waals surface area contributed by atoms with Gasteiger partial charge >= 0.3 is 0 Å². The smallest absolute Gasteiger partial charge is 0.104 e. The zero-order chi connectivity index (χ0) is 6.57. The maximum Gasteiger partial charge on any atom is 0.104 e. The van der Waals surface area contributed by atoms with Crippen LogP contribution in [0.3, 0.4) is 0 Å². The minimum absolute atomic E-state index is 0.650. The van der Waals surface area contributed by atoms with Crippen LogP contribution in [-0.2, 0) is 0 Å². The van der Waals surface area contributed by atoms with Crippen LogP contribution in [0.15, 0.2) is 0 Å². The summed E-state index contributed by atoms with van der Waals surface area (Å²) in [5.74, 6) is 0. The van der Waals surface area contributed by atoms with Crippen LogP contribution < -0.4 is 4.84 Å². The molecule has 8 heavy (non-hydrogen) atoms. The Morgan fingerprint density at radius 1 is 1.75 bits per heavy atom. The Labute approximate surface area is 59.9 Å². The molecule has 0 saturated heterocycles. The van der Waals surface area contributed by atoms with Crippen molar-refractivity contribution in [2.75, 3.05) is 20.6 Å². The molecule has 0 fully saturated rings. The average Bonchev–Trinajstić information content (AvgIpc) is 1.65. The Hall–Kier alpha value is 0.140. The number of hydrogen-bond acceptors (Lipinski definition) is 2. The van der Waals surface area contributed by atoms with E-state index in [1.54, 1.807) is 0 Å². The topological polar surface area (TPSA) is 15.3 Å². The van der Waals surface area contributed by atoms with Gasteiger partial charge in [-0.1, -0.05) is 12.2 Å². The van der Waals surface area contributed by atoms with E-state index in [1.807, 2.05) is 19.0 Å². The number of likely N-dealkylation sites (N-methyl/N-ethyl adjacent to an activating group) is 1. The van der Waals surface area contributed by atoms with Crippen molar-refractivity contribution in [2.45, 2.75) is 0 Å². The summed E-state index contributed by atoms with van der Waals surface area (Å²) in [4.78, 5) is 4.95. The van der Waals surface area contributed by atoms with Crippen LogP contribution in [-0.4, -0.2) is 30.5 Å². The predicted octanol–water partition coefficient (Wildman–Crippen LogP) is 0.619. The van der Waals surface area contributed by atoms with Crippen molar-refractivity contribution >= 4 is 29.0 Å². The lowest BCUT2D eigenvalue weighted by Gasteiger charge is -2.07. The Kier molecular flexibility index (Phi) is 4.13. The second-order valence-corrected chi connectivity index (χ2v) is 2.44. The molecule has 48 valence electrons. The summed E-state index contributed by atoms with van der Waals surface area (Å²) in [6.07, 6.45) is 0. The number of nitrogens with one attached hydrogen (secondary N) is 1. The molecular weight excluding hydrogens is 144 g/mol. The van der Waals surface area contributed by atoms with E-state index in [0.717, 1.165) is 0 Å². The summed E-state index contributed by atoms with van der Waals surface area (Å²) in [6, 6.07) is 0. The molecule has 0 bridgehead atoms. The summed E-state index contributed by atoms with van der Waals surface area (Å²) in [5.41, 5.74) is 0. The van der Waals surface area contributed by atoms with Crippen molar-refractivity contribution in [1.29, 1.82) is 0 Å². The Morgan fingerprint density at radius 3 is 2.38 bits per heavy atom. The molecule has 0 aliphatic heterocycles. The number of thiocarbonyl (C=S) groups is 1. The second kappa shape index (κ2) is 4.06. The summed E-state index contributed by atoms with van der Waals surface area (Å²) in [5, 5.41) is 0. The fourth-order valence-corrected chi connectivity index (χ4v) is 0.635. The molecule has 0 aromatic rings. The summed E-state index contributed by atoms with van der Waals surface area (Å²) in [7, 11) is 3.86. The zero-order valence-corrected chi connectivity index (χ0v) is 6.51. The fourth-order valence-electron chi connectivity index (χ4n) is 0.317. The van der Waals surface area contributed by atoms with E-state index in [4.69, 9.17) is 24.0 Å². The highest BCUT2D eigenvalue weighted by Crippen LogP contribution is 1.77. The van der Waals surface area contributed by atoms with Crippen LogP contribution in [0.4, 0.5) is 0 Å². The molecule has 0 saturated carbocycles. The van der Waals surface area contributed by atoms with Gasteiger partial charge in [-0.15, -0.1) is 0 Å². The van der Waals surface area contributed by atoms with Gasteiger partial charge in [-0.2, -0.15) is 0 Å². The fraction of sp³-hybridized carbons (Fsp3) is 0.750. The number of hydrogen-bond donors (Lipinski definition) is 1. The van der Waals surface area contributed by atoms with Gasteiger partial charge in [-0.25, -0.2) is 0 Å². The van der Waals surface area contributed by atoms with Crippen molar-refractivity contribution in [1.82, 2.24) is 9.74 Å². The third-order valence-corrected chi connectivity index (χ3v) is 1.14. The molecule has 0 radical (unpaired) electrons. The van der Waals surface area contributed by atoms with Crippen molar-refractivity contribution < 1.29 is 0 Å². The van der Waals surface area contributed by atoms with Gasteiger partial charge in [0, 0.05) is 18.3 Å². The highest BCUT2D eigenvalue weighted by atomic mass is 35.5. The molecule has 0 aliphatic rings.